The molecule has 0 nitrogen and oxygen atoms in total. The van der Waals surface area contributed by atoms with Gasteiger partial charge in [0.25, 0.3) is 0 Å². The van der Waals surface area contributed by atoms with Crippen LogP contribution in [0.1, 0.15) is 0 Å². The molecule has 0 aromatic heterocycles. The van der Waals surface area contributed by atoms with E-state index >= 15 is 0 Å². The maximum Gasteiger partial charge on any atom is 1.00 e. The first kappa shape index (κ1) is 9.22. The standard InChI is InChI=1S/C3H10Si.Cu/c1-4(2)3;/h4H,1-3H3;/q;+1. The number of rotatable bonds is 0. The predicted molar refractivity (Wildman–Crippen MR) is 24.7 cm³/mol. The van der Waals surface area contributed by atoms with Gasteiger partial charge >= 0.3 is 17.1 Å². The molecule has 0 N–H and O–H groups in total. The minimum Gasteiger partial charge on any atom is -0.0724 e. The Bertz CT molecular complexity index is 11.6. The normalized spacial score (nSPS) is 7.20. The zero-order chi connectivity index (χ0) is 3.58. The molecule has 0 rings (SSSR count). The van der Waals surface area contributed by atoms with Gasteiger partial charge in [0, 0.05) is 8.80 Å². The van der Waals surface area contributed by atoms with Gasteiger partial charge in [-0.05, 0) is 0 Å². The molecule has 0 aliphatic carbocycles. The maximum atomic E-state index is 2.31. The molecule has 0 saturated carbocycles. The van der Waals surface area contributed by atoms with Crippen molar-refractivity contribution in [2.45, 2.75) is 19.6 Å². The van der Waals surface area contributed by atoms with Crippen LogP contribution in [0, 0.1) is 0 Å². The van der Waals surface area contributed by atoms with Crippen LogP contribution in [0.25, 0.3) is 0 Å². The molecule has 36 valence electrons. The van der Waals surface area contributed by atoms with E-state index in [1.54, 1.807) is 0 Å². The van der Waals surface area contributed by atoms with Crippen LogP contribution < -0.4 is 0 Å². The SMILES string of the molecule is C[SiH](C)C.[Cu+]. The molecular formula is C3H10CuSi+. The molecule has 0 fully saturated rings. The van der Waals surface area contributed by atoms with Crippen molar-refractivity contribution in [3.63, 3.8) is 0 Å². The van der Waals surface area contributed by atoms with Crippen molar-refractivity contribution < 1.29 is 17.1 Å². The van der Waals surface area contributed by atoms with E-state index < -0.39 is 0 Å². The van der Waals surface area contributed by atoms with Crippen LogP contribution in [0.3, 0.4) is 0 Å². The molecule has 0 aromatic rings. The van der Waals surface area contributed by atoms with E-state index in [0.29, 0.717) is 0 Å². The van der Waals surface area contributed by atoms with E-state index in [4.69, 9.17) is 0 Å². The molecule has 5 heavy (non-hydrogen) atoms. The van der Waals surface area contributed by atoms with Crippen molar-refractivity contribution in [2.75, 3.05) is 0 Å². The van der Waals surface area contributed by atoms with Crippen LogP contribution in [0.4, 0.5) is 0 Å². The first-order valence-corrected chi connectivity index (χ1v) is 5.20. The summed E-state index contributed by atoms with van der Waals surface area (Å²) in [6.07, 6.45) is 0. The largest absolute Gasteiger partial charge is 1.00 e. The second kappa shape index (κ2) is 4.74. The monoisotopic (exact) mass is 137 g/mol. The average molecular weight is 138 g/mol. The van der Waals surface area contributed by atoms with Gasteiger partial charge in [0.15, 0.2) is 0 Å². The molecule has 0 aliphatic rings. The molecular weight excluding hydrogens is 128 g/mol. The summed E-state index contributed by atoms with van der Waals surface area (Å²) in [5.74, 6) is 0. The summed E-state index contributed by atoms with van der Waals surface area (Å²) in [6, 6.07) is 0. The summed E-state index contributed by atoms with van der Waals surface area (Å²) in [7, 11) is -0.139. The van der Waals surface area contributed by atoms with Gasteiger partial charge in [-0.3, -0.25) is 0 Å². The summed E-state index contributed by atoms with van der Waals surface area (Å²) < 4.78 is 0. The predicted octanol–water partition coefficient (Wildman–Crippen LogP) is 1.10. The van der Waals surface area contributed by atoms with Crippen LogP contribution in [0.2, 0.25) is 19.6 Å². The number of hydrogen-bond acceptors (Lipinski definition) is 0. The topological polar surface area (TPSA) is 0 Å². The van der Waals surface area contributed by atoms with E-state index in [-0.39, 0.29) is 25.9 Å². The van der Waals surface area contributed by atoms with Gasteiger partial charge in [-0.1, -0.05) is 19.6 Å². The van der Waals surface area contributed by atoms with Crippen LogP contribution in [0.15, 0.2) is 0 Å². The summed E-state index contributed by atoms with van der Waals surface area (Å²) >= 11 is 0. The first-order chi connectivity index (χ1) is 1.73. The Labute approximate surface area is 46.0 Å². The Hall–Kier alpha value is 0.736. The molecule has 0 aromatic carbocycles. The molecule has 0 saturated heterocycles. The van der Waals surface area contributed by atoms with Gasteiger partial charge in [0.05, 0.1) is 0 Å². The van der Waals surface area contributed by atoms with Crippen molar-refractivity contribution in [1.82, 2.24) is 0 Å². The molecule has 0 radical (unpaired) electrons. The fraction of sp³-hybridized carbons (Fsp3) is 1.00. The summed E-state index contributed by atoms with van der Waals surface area (Å²) in [5.41, 5.74) is 0. The molecule has 0 unspecified atom stereocenters. The zero-order valence-electron chi connectivity index (χ0n) is 3.88. The van der Waals surface area contributed by atoms with Crippen LogP contribution in [-0.4, -0.2) is 8.80 Å². The Kier molecular flexibility index (Phi) is 8.73. The molecule has 0 atom stereocenters. The average Bonchev–Trinajstić information content (AvgIpc) is 0.811. The fourth-order valence-corrected chi connectivity index (χ4v) is 0. The third kappa shape index (κ3) is 65.4. The van der Waals surface area contributed by atoms with Gasteiger partial charge in [0.1, 0.15) is 0 Å². The Morgan fingerprint density at radius 2 is 1.00 bits per heavy atom. The molecule has 0 bridgehead atoms. The number of hydrogen-bond donors (Lipinski definition) is 0. The Morgan fingerprint density at radius 3 is 1.00 bits per heavy atom. The van der Waals surface area contributed by atoms with Crippen molar-refractivity contribution in [2.24, 2.45) is 0 Å². The zero-order valence-corrected chi connectivity index (χ0v) is 5.98. The van der Waals surface area contributed by atoms with Gasteiger partial charge in [0.2, 0.25) is 0 Å². The van der Waals surface area contributed by atoms with E-state index in [1.165, 1.54) is 0 Å². The second-order valence-electron chi connectivity index (χ2n) is 1.73. The van der Waals surface area contributed by atoms with Gasteiger partial charge < -0.3 is 0 Å². The van der Waals surface area contributed by atoms with E-state index in [0.717, 1.165) is 0 Å². The third-order valence-corrected chi connectivity index (χ3v) is 0. The summed E-state index contributed by atoms with van der Waals surface area (Å²) in [4.78, 5) is 0. The minimum absolute atomic E-state index is 0. The Morgan fingerprint density at radius 1 is 1.00 bits per heavy atom. The molecule has 0 heterocycles. The van der Waals surface area contributed by atoms with Gasteiger partial charge in [-0.15, -0.1) is 0 Å². The fourth-order valence-electron chi connectivity index (χ4n) is 0. The van der Waals surface area contributed by atoms with Gasteiger partial charge in [-0.25, -0.2) is 0 Å². The van der Waals surface area contributed by atoms with E-state index in [9.17, 15) is 0 Å². The quantitative estimate of drug-likeness (QED) is 0.439. The smallest absolute Gasteiger partial charge is 0.0724 e. The van der Waals surface area contributed by atoms with Crippen molar-refractivity contribution >= 4 is 8.80 Å². The maximum absolute atomic E-state index is 2.31. The minimum atomic E-state index is -0.139. The van der Waals surface area contributed by atoms with Crippen LogP contribution in [-0.2, 0) is 17.1 Å². The van der Waals surface area contributed by atoms with Crippen LogP contribution >= 0.6 is 0 Å². The summed E-state index contributed by atoms with van der Waals surface area (Å²) in [5, 5.41) is 0. The van der Waals surface area contributed by atoms with Crippen molar-refractivity contribution in [1.29, 1.82) is 0 Å². The molecule has 0 amide bonds. The molecule has 0 aliphatic heterocycles. The van der Waals surface area contributed by atoms with E-state index in [2.05, 4.69) is 19.6 Å². The first-order valence-electron chi connectivity index (χ1n) is 1.73. The Balaban J connectivity index is 0. The summed E-state index contributed by atoms with van der Waals surface area (Å²) in [6.45, 7) is 6.92. The molecule has 0 spiro atoms. The van der Waals surface area contributed by atoms with Gasteiger partial charge in [-0.2, -0.15) is 0 Å². The molecule has 2 heteroatoms. The van der Waals surface area contributed by atoms with Crippen LogP contribution in [0.5, 0.6) is 0 Å². The van der Waals surface area contributed by atoms with Crippen molar-refractivity contribution in [3.05, 3.63) is 0 Å². The third-order valence-electron chi connectivity index (χ3n) is 0. The van der Waals surface area contributed by atoms with E-state index in [1.807, 2.05) is 0 Å². The second-order valence-corrected chi connectivity index (χ2v) is 5.20. The van der Waals surface area contributed by atoms with Crippen molar-refractivity contribution in [3.8, 4) is 0 Å².